The van der Waals surface area contributed by atoms with Crippen molar-refractivity contribution in [1.82, 2.24) is 10.6 Å². The van der Waals surface area contributed by atoms with Crippen molar-refractivity contribution in [1.29, 1.82) is 0 Å². The SMILES string of the molecule is O=C(NCc1cccc(Cl)c1)NCC1(CO)CCCCC1. The van der Waals surface area contributed by atoms with Gasteiger partial charge < -0.3 is 15.7 Å². The lowest BCUT2D eigenvalue weighted by molar-refractivity contribution is 0.0834. The molecule has 0 unspecified atom stereocenters. The molecule has 5 heteroatoms. The highest BCUT2D eigenvalue weighted by Gasteiger charge is 2.31. The average molecular weight is 311 g/mol. The number of nitrogens with one attached hydrogen (secondary N) is 2. The van der Waals surface area contributed by atoms with Crippen LogP contribution in [0.25, 0.3) is 0 Å². The lowest BCUT2D eigenvalue weighted by Crippen LogP contribution is -2.44. The van der Waals surface area contributed by atoms with E-state index >= 15 is 0 Å². The molecular formula is C16H23ClN2O2. The molecule has 0 saturated heterocycles. The minimum atomic E-state index is -0.201. The van der Waals surface area contributed by atoms with E-state index < -0.39 is 0 Å². The second kappa shape index (κ2) is 7.66. The van der Waals surface area contributed by atoms with Gasteiger partial charge in [-0.3, -0.25) is 0 Å². The Morgan fingerprint density at radius 1 is 1.24 bits per heavy atom. The van der Waals surface area contributed by atoms with Gasteiger partial charge in [0.25, 0.3) is 0 Å². The summed E-state index contributed by atoms with van der Waals surface area (Å²) in [6.45, 7) is 1.12. The van der Waals surface area contributed by atoms with Gasteiger partial charge in [-0.15, -0.1) is 0 Å². The van der Waals surface area contributed by atoms with E-state index in [0.717, 1.165) is 31.2 Å². The number of aliphatic hydroxyl groups excluding tert-OH is 1. The lowest BCUT2D eigenvalue weighted by atomic mass is 9.74. The van der Waals surface area contributed by atoms with Gasteiger partial charge in [-0.25, -0.2) is 4.79 Å². The zero-order valence-electron chi connectivity index (χ0n) is 12.2. The van der Waals surface area contributed by atoms with Gasteiger partial charge in [-0.05, 0) is 30.5 Å². The van der Waals surface area contributed by atoms with Crippen molar-refractivity contribution in [3.8, 4) is 0 Å². The summed E-state index contributed by atoms with van der Waals surface area (Å²) >= 11 is 5.90. The number of halogens is 1. The second-order valence-electron chi connectivity index (χ2n) is 5.88. The Hall–Kier alpha value is -1.26. The minimum absolute atomic E-state index is 0.133. The lowest BCUT2D eigenvalue weighted by Gasteiger charge is -2.35. The first kappa shape index (κ1) is 16.1. The zero-order valence-corrected chi connectivity index (χ0v) is 13.0. The smallest absolute Gasteiger partial charge is 0.315 e. The van der Waals surface area contributed by atoms with Gasteiger partial charge in [0.1, 0.15) is 0 Å². The van der Waals surface area contributed by atoms with Crippen LogP contribution in [0.3, 0.4) is 0 Å². The molecule has 2 amide bonds. The summed E-state index contributed by atoms with van der Waals surface area (Å²) in [6.07, 6.45) is 5.46. The van der Waals surface area contributed by atoms with E-state index in [0.29, 0.717) is 18.1 Å². The molecule has 116 valence electrons. The summed E-state index contributed by atoms with van der Waals surface area (Å²) in [6, 6.07) is 7.22. The van der Waals surface area contributed by atoms with E-state index in [1.807, 2.05) is 18.2 Å². The number of hydrogen-bond acceptors (Lipinski definition) is 2. The van der Waals surface area contributed by atoms with Gasteiger partial charge in [0.05, 0.1) is 6.61 Å². The summed E-state index contributed by atoms with van der Waals surface area (Å²) in [5.41, 5.74) is 0.832. The van der Waals surface area contributed by atoms with Crippen LogP contribution in [0.1, 0.15) is 37.7 Å². The Morgan fingerprint density at radius 3 is 2.67 bits per heavy atom. The van der Waals surface area contributed by atoms with Crippen LogP contribution in [0.4, 0.5) is 4.79 Å². The molecule has 1 aliphatic rings. The predicted octanol–water partition coefficient (Wildman–Crippen LogP) is 3.08. The quantitative estimate of drug-likeness (QED) is 0.782. The van der Waals surface area contributed by atoms with Crippen molar-refractivity contribution in [3.63, 3.8) is 0 Å². The molecule has 0 aliphatic heterocycles. The van der Waals surface area contributed by atoms with Gasteiger partial charge in [-0.1, -0.05) is 43.0 Å². The summed E-state index contributed by atoms with van der Waals surface area (Å²) < 4.78 is 0. The molecule has 0 spiro atoms. The maximum atomic E-state index is 11.9. The van der Waals surface area contributed by atoms with E-state index in [4.69, 9.17) is 11.6 Å². The minimum Gasteiger partial charge on any atom is -0.396 e. The average Bonchev–Trinajstić information content (AvgIpc) is 2.52. The standard InChI is InChI=1S/C16H23ClN2O2/c17-14-6-4-5-13(9-14)10-18-15(21)19-11-16(12-20)7-2-1-3-8-16/h4-6,9,20H,1-3,7-8,10-12H2,(H2,18,19,21). The van der Waals surface area contributed by atoms with Crippen LogP contribution >= 0.6 is 11.6 Å². The van der Waals surface area contributed by atoms with Crippen LogP contribution in [0.2, 0.25) is 5.02 Å². The van der Waals surface area contributed by atoms with Gasteiger partial charge in [0.2, 0.25) is 0 Å². The highest BCUT2D eigenvalue weighted by Crippen LogP contribution is 2.35. The van der Waals surface area contributed by atoms with Crippen molar-refractivity contribution >= 4 is 17.6 Å². The molecule has 1 fully saturated rings. The second-order valence-corrected chi connectivity index (χ2v) is 6.32. The maximum absolute atomic E-state index is 11.9. The first-order valence-corrected chi connectivity index (χ1v) is 7.88. The van der Waals surface area contributed by atoms with E-state index in [2.05, 4.69) is 10.6 Å². The first-order chi connectivity index (χ1) is 10.1. The first-order valence-electron chi connectivity index (χ1n) is 7.51. The molecule has 21 heavy (non-hydrogen) atoms. The fourth-order valence-corrected chi connectivity index (χ4v) is 3.07. The third-order valence-corrected chi connectivity index (χ3v) is 4.45. The Balaban J connectivity index is 1.76. The number of benzene rings is 1. The molecule has 3 N–H and O–H groups in total. The van der Waals surface area contributed by atoms with Crippen LogP contribution in [0, 0.1) is 5.41 Å². The van der Waals surface area contributed by atoms with Gasteiger partial charge in [0, 0.05) is 23.5 Å². The fourth-order valence-electron chi connectivity index (χ4n) is 2.85. The number of hydrogen-bond donors (Lipinski definition) is 3. The van der Waals surface area contributed by atoms with Crippen molar-refractivity contribution in [2.75, 3.05) is 13.2 Å². The molecule has 1 aromatic carbocycles. The zero-order chi connectivity index (χ0) is 15.1. The Morgan fingerprint density at radius 2 is 2.00 bits per heavy atom. The Labute approximate surface area is 130 Å². The maximum Gasteiger partial charge on any atom is 0.315 e. The van der Waals surface area contributed by atoms with Gasteiger partial charge in [-0.2, -0.15) is 0 Å². The molecular weight excluding hydrogens is 288 g/mol. The third-order valence-electron chi connectivity index (χ3n) is 4.22. The number of carbonyl (C=O) groups excluding carboxylic acids is 1. The number of amides is 2. The van der Waals surface area contributed by atoms with Crippen molar-refractivity contribution < 1.29 is 9.90 Å². The number of carbonyl (C=O) groups is 1. The molecule has 1 aromatic rings. The molecule has 1 saturated carbocycles. The molecule has 0 heterocycles. The molecule has 1 aliphatic carbocycles. The molecule has 0 bridgehead atoms. The van der Waals surface area contributed by atoms with Crippen molar-refractivity contribution in [2.45, 2.75) is 38.6 Å². The number of aliphatic hydroxyl groups is 1. The van der Waals surface area contributed by atoms with Gasteiger partial charge in [0.15, 0.2) is 0 Å². The van der Waals surface area contributed by atoms with E-state index in [1.54, 1.807) is 6.07 Å². The molecule has 4 nitrogen and oxygen atoms in total. The highest BCUT2D eigenvalue weighted by molar-refractivity contribution is 6.30. The molecule has 2 rings (SSSR count). The normalized spacial score (nSPS) is 17.2. The predicted molar refractivity (Wildman–Crippen MR) is 84.3 cm³/mol. The molecule has 0 radical (unpaired) electrons. The van der Waals surface area contributed by atoms with Crippen molar-refractivity contribution in [2.24, 2.45) is 5.41 Å². The topological polar surface area (TPSA) is 61.4 Å². The monoisotopic (exact) mass is 310 g/mol. The summed E-state index contributed by atoms with van der Waals surface area (Å²) in [5.74, 6) is 0. The molecule has 0 aromatic heterocycles. The van der Waals surface area contributed by atoms with E-state index in [9.17, 15) is 9.90 Å². The summed E-state index contributed by atoms with van der Waals surface area (Å²) in [4.78, 5) is 11.9. The Kier molecular flexibility index (Phi) is 5.88. The van der Waals surface area contributed by atoms with Crippen LogP contribution in [0.5, 0.6) is 0 Å². The Bertz CT molecular complexity index is 473. The molecule has 0 atom stereocenters. The largest absolute Gasteiger partial charge is 0.396 e. The van der Waals surface area contributed by atoms with Gasteiger partial charge >= 0.3 is 6.03 Å². The third kappa shape index (κ3) is 4.90. The van der Waals surface area contributed by atoms with E-state index in [-0.39, 0.29) is 18.1 Å². The fraction of sp³-hybridized carbons (Fsp3) is 0.562. The van der Waals surface area contributed by atoms with Crippen LogP contribution < -0.4 is 10.6 Å². The van der Waals surface area contributed by atoms with E-state index in [1.165, 1.54) is 6.42 Å². The highest BCUT2D eigenvalue weighted by atomic mass is 35.5. The van der Waals surface area contributed by atoms with Crippen LogP contribution in [-0.4, -0.2) is 24.3 Å². The van der Waals surface area contributed by atoms with Crippen molar-refractivity contribution in [3.05, 3.63) is 34.9 Å². The summed E-state index contributed by atoms with van der Waals surface area (Å²) in [5, 5.41) is 16.0. The number of urea groups is 1. The number of rotatable bonds is 5. The van der Waals surface area contributed by atoms with Crippen LogP contribution in [-0.2, 0) is 6.54 Å². The summed E-state index contributed by atoms with van der Waals surface area (Å²) in [7, 11) is 0. The van der Waals surface area contributed by atoms with Crippen LogP contribution in [0.15, 0.2) is 24.3 Å².